The third-order valence-electron chi connectivity index (χ3n) is 7.07. The quantitative estimate of drug-likeness (QED) is 0.140. The Morgan fingerprint density at radius 1 is 1.00 bits per heavy atom. The van der Waals surface area contributed by atoms with E-state index < -0.39 is 17.7 Å². The second-order valence-electron chi connectivity index (χ2n) is 10.0. The number of amides is 1. The minimum atomic E-state index is -0.764. The Labute approximate surface area is 238 Å². The molecule has 1 saturated heterocycles. The van der Waals surface area contributed by atoms with Gasteiger partial charge in [-0.15, -0.1) is 11.3 Å². The fourth-order valence-electron chi connectivity index (χ4n) is 4.99. The van der Waals surface area contributed by atoms with Gasteiger partial charge in [-0.05, 0) is 77.4 Å². The third-order valence-corrected chi connectivity index (χ3v) is 8.00. The summed E-state index contributed by atoms with van der Waals surface area (Å²) in [7, 11) is 1.61. The highest BCUT2D eigenvalue weighted by atomic mass is 32.1. The van der Waals surface area contributed by atoms with Crippen molar-refractivity contribution in [2.24, 2.45) is 0 Å². The molecule has 1 N–H and O–H groups in total. The predicted molar refractivity (Wildman–Crippen MR) is 158 cm³/mol. The summed E-state index contributed by atoms with van der Waals surface area (Å²) in [5, 5.41) is 13.5. The zero-order chi connectivity index (χ0) is 28.4. The highest BCUT2D eigenvalue weighted by Crippen LogP contribution is 2.45. The number of thiophene rings is 1. The molecule has 1 fully saturated rings. The van der Waals surface area contributed by atoms with Gasteiger partial charge in [0.15, 0.2) is 0 Å². The SMILES string of the molecule is COc1cc(C)c(/C(O)=C2\C(=O)C(=O)N(c3ccc(OCc4ccccc4)cc3)C2c2cccs2)cc1C(C)C. The van der Waals surface area contributed by atoms with Gasteiger partial charge in [-0.3, -0.25) is 14.5 Å². The van der Waals surface area contributed by atoms with Crippen LogP contribution in [-0.4, -0.2) is 23.9 Å². The van der Waals surface area contributed by atoms with Gasteiger partial charge in [-0.2, -0.15) is 0 Å². The Hall–Kier alpha value is -4.36. The molecule has 5 rings (SSSR count). The first-order valence-corrected chi connectivity index (χ1v) is 14.0. The number of carbonyl (C=O) groups is 2. The molecule has 2 heterocycles. The topological polar surface area (TPSA) is 76.1 Å². The second-order valence-corrected chi connectivity index (χ2v) is 11.0. The normalized spacial score (nSPS) is 16.5. The number of ether oxygens (including phenoxy) is 2. The van der Waals surface area contributed by atoms with Crippen molar-refractivity contribution in [3.63, 3.8) is 0 Å². The summed E-state index contributed by atoms with van der Waals surface area (Å²) >= 11 is 1.43. The lowest BCUT2D eigenvalue weighted by Crippen LogP contribution is -2.29. The molecule has 0 radical (unpaired) electrons. The molecule has 1 aliphatic rings. The lowest BCUT2D eigenvalue weighted by Gasteiger charge is -2.24. The molecule has 0 bridgehead atoms. The second kappa shape index (κ2) is 11.4. The van der Waals surface area contributed by atoms with Gasteiger partial charge in [0.1, 0.15) is 29.9 Å². The summed E-state index contributed by atoms with van der Waals surface area (Å²) in [5.74, 6) is -0.111. The van der Waals surface area contributed by atoms with Crippen LogP contribution in [0.4, 0.5) is 5.69 Å². The van der Waals surface area contributed by atoms with Crippen molar-refractivity contribution in [2.45, 2.75) is 39.3 Å². The Bertz CT molecular complexity index is 1560. The van der Waals surface area contributed by atoms with E-state index in [0.717, 1.165) is 21.6 Å². The monoisotopic (exact) mass is 553 g/mol. The summed E-state index contributed by atoms with van der Waals surface area (Å²) in [6, 6.07) is 23.6. The molecule has 1 unspecified atom stereocenters. The van der Waals surface area contributed by atoms with Gasteiger partial charge in [0.05, 0.1) is 12.7 Å². The minimum Gasteiger partial charge on any atom is -0.507 e. The molecule has 4 aromatic rings. The summed E-state index contributed by atoms with van der Waals surface area (Å²) in [5.41, 5.74) is 3.82. The van der Waals surface area contributed by atoms with E-state index in [-0.39, 0.29) is 17.3 Å². The van der Waals surface area contributed by atoms with E-state index in [0.29, 0.717) is 29.4 Å². The maximum absolute atomic E-state index is 13.5. The predicted octanol–water partition coefficient (Wildman–Crippen LogP) is 7.39. The zero-order valence-corrected chi connectivity index (χ0v) is 23.7. The van der Waals surface area contributed by atoms with Crippen molar-refractivity contribution >= 4 is 34.5 Å². The van der Waals surface area contributed by atoms with Gasteiger partial charge in [-0.1, -0.05) is 50.2 Å². The van der Waals surface area contributed by atoms with Crippen LogP contribution in [0.1, 0.15) is 52.9 Å². The molecule has 7 heteroatoms. The van der Waals surface area contributed by atoms with Gasteiger partial charge in [-0.25, -0.2) is 0 Å². The van der Waals surface area contributed by atoms with Crippen LogP contribution in [0, 0.1) is 6.92 Å². The molecule has 1 aromatic heterocycles. The fourth-order valence-corrected chi connectivity index (χ4v) is 5.81. The average molecular weight is 554 g/mol. The molecule has 0 spiro atoms. The summed E-state index contributed by atoms with van der Waals surface area (Å²) in [4.78, 5) is 29.3. The molecule has 0 aliphatic carbocycles. The van der Waals surface area contributed by atoms with Gasteiger partial charge in [0.25, 0.3) is 11.7 Å². The lowest BCUT2D eigenvalue weighted by atomic mass is 9.92. The van der Waals surface area contributed by atoms with Crippen LogP contribution in [0.2, 0.25) is 0 Å². The first-order valence-electron chi connectivity index (χ1n) is 13.1. The van der Waals surface area contributed by atoms with Crippen LogP contribution in [0.5, 0.6) is 11.5 Å². The van der Waals surface area contributed by atoms with Crippen LogP contribution in [0.25, 0.3) is 5.76 Å². The first-order chi connectivity index (χ1) is 19.3. The summed E-state index contributed by atoms with van der Waals surface area (Å²) in [6.07, 6.45) is 0. The van der Waals surface area contributed by atoms with Crippen molar-refractivity contribution in [3.8, 4) is 11.5 Å². The van der Waals surface area contributed by atoms with Crippen LogP contribution in [-0.2, 0) is 16.2 Å². The lowest BCUT2D eigenvalue weighted by molar-refractivity contribution is -0.132. The molecule has 1 atom stereocenters. The zero-order valence-electron chi connectivity index (χ0n) is 22.9. The molecular formula is C33H31NO5S. The van der Waals surface area contributed by atoms with Crippen LogP contribution in [0.3, 0.4) is 0 Å². The molecule has 1 amide bonds. The van der Waals surface area contributed by atoms with Crippen molar-refractivity contribution in [2.75, 3.05) is 12.0 Å². The molecule has 40 heavy (non-hydrogen) atoms. The van der Waals surface area contributed by atoms with E-state index in [1.807, 2.05) is 80.7 Å². The number of hydrogen-bond donors (Lipinski definition) is 1. The highest BCUT2D eigenvalue weighted by Gasteiger charge is 2.47. The summed E-state index contributed by atoms with van der Waals surface area (Å²) < 4.78 is 11.5. The Balaban J connectivity index is 1.55. The van der Waals surface area contributed by atoms with Gasteiger partial charge in [0, 0.05) is 16.1 Å². The third kappa shape index (κ3) is 5.12. The standard InChI is InChI=1S/C33H31NO5S/c1-20(2)25-18-26(21(3)17-27(25)38-4)31(35)29-30(28-11-8-16-40-28)34(33(37)32(29)36)23-12-14-24(15-13-23)39-19-22-9-6-5-7-10-22/h5-18,20,30,35H,19H2,1-4H3/b31-29+. The molecular weight excluding hydrogens is 522 g/mol. The van der Waals surface area contributed by atoms with Crippen LogP contribution >= 0.6 is 11.3 Å². The van der Waals surface area contributed by atoms with E-state index in [9.17, 15) is 14.7 Å². The van der Waals surface area contributed by atoms with E-state index in [1.165, 1.54) is 16.2 Å². The number of ketones is 1. The maximum Gasteiger partial charge on any atom is 0.300 e. The van der Waals surface area contributed by atoms with Crippen molar-refractivity contribution in [1.82, 2.24) is 0 Å². The van der Waals surface area contributed by atoms with Gasteiger partial charge >= 0.3 is 0 Å². The van der Waals surface area contributed by atoms with E-state index >= 15 is 0 Å². The van der Waals surface area contributed by atoms with E-state index in [4.69, 9.17) is 9.47 Å². The Morgan fingerprint density at radius 2 is 1.73 bits per heavy atom. The number of aliphatic hydroxyl groups is 1. The van der Waals surface area contributed by atoms with Gasteiger partial charge < -0.3 is 14.6 Å². The largest absolute Gasteiger partial charge is 0.507 e. The number of aliphatic hydroxyl groups excluding tert-OH is 1. The first kappa shape index (κ1) is 27.2. The highest BCUT2D eigenvalue weighted by molar-refractivity contribution is 7.10. The number of anilines is 1. The van der Waals surface area contributed by atoms with Gasteiger partial charge in [0.2, 0.25) is 0 Å². The molecule has 3 aromatic carbocycles. The number of hydrogen-bond acceptors (Lipinski definition) is 6. The van der Waals surface area contributed by atoms with Crippen molar-refractivity contribution in [1.29, 1.82) is 0 Å². The number of Topliss-reactive ketones (excluding diaryl/α,β-unsaturated/α-hetero) is 1. The number of methoxy groups -OCH3 is 1. The fraction of sp³-hybridized carbons (Fsp3) is 0.212. The maximum atomic E-state index is 13.5. The number of aryl methyl sites for hydroxylation is 1. The number of rotatable bonds is 8. The van der Waals surface area contributed by atoms with E-state index in [1.54, 1.807) is 31.4 Å². The minimum absolute atomic E-state index is 0.0693. The van der Waals surface area contributed by atoms with Crippen LogP contribution < -0.4 is 14.4 Å². The number of nitrogens with zero attached hydrogens (tertiary/aromatic N) is 1. The smallest absolute Gasteiger partial charge is 0.300 e. The van der Waals surface area contributed by atoms with Crippen LogP contribution in [0.15, 0.2) is 89.8 Å². The van der Waals surface area contributed by atoms with E-state index in [2.05, 4.69) is 0 Å². The summed E-state index contributed by atoms with van der Waals surface area (Å²) in [6.45, 7) is 6.34. The molecule has 204 valence electrons. The molecule has 6 nitrogen and oxygen atoms in total. The Kier molecular flexibility index (Phi) is 7.76. The Morgan fingerprint density at radius 3 is 2.35 bits per heavy atom. The van der Waals surface area contributed by atoms with Crippen molar-refractivity contribution in [3.05, 3.63) is 117 Å². The average Bonchev–Trinajstić information content (AvgIpc) is 3.58. The molecule has 0 saturated carbocycles. The molecule has 1 aliphatic heterocycles. The number of carbonyl (C=O) groups excluding carboxylic acids is 2. The van der Waals surface area contributed by atoms with Crippen molar-refractivity contribution < 1.29 is 24.2 Å². The number of benzene rings is 3.